The van der Waals surface area contributed by atoms with Gasteiger partial charge in [-0.05, 0) is 61.2 Å². The van der Waals surface area contributed by atoms with Crippen molar-refractivity contribution in [2.75, 3.05) is 11.4 Å². The molecule has 0 aliphatic carbocycles. The summed E-state index contributed by atoms with van der Waals surface area (Å²) < 4.78 is 0. The second kappa shape index (κ2) is 8.49. The van der Waals surface area contributed by atoms with Crippen molar-refractivity contribution in [2.24, 2.45) is 0 Å². The van der Waals surface area contributed by atoms with Crippen LogP contribution in [0.5, 0.6) is 0 Å². The van der Waals surface area contributed by atoms with E-state index in [1.807, 2.05) is 19.1 Å². The van der Waals surface area contributed by atoms with E-state index < -0.39 is 5.91 Å². The first-order valence-electron chi connectivity index (χ1n) is 9.18. The molecule has 3 amide bonds. The molecule has 140 valence electrons. The van der Waals surface area contributed by atoms with E-state index in [0.717, 1.165) is 30.5 Å². The molecule has 0 atom stereocenters. The van der Waals surface area contributed by atoms with E-state index >= 15 is 0 Å². The molecular formula is C21H23N3O3. The molecule has 1 heterocycles. The number of aryl methyl sites for hydroxylation is 1. The number of nitrogens with one attached hydrogen (secondary N) is 2. The summed E-state index contributed by atoms with van der Waals surface area (Å²) in [6, 6.07) is 14.0. The van der Waals surface area contributed by atoms with E-state index in [1.165, 1.54) is 0 Å². The molecule has 0 spiro atoms. The van der Waals surface area contributed by atoms with Gasteiger partial charge in [-0.15, -0.1) is 0 Å². The molecule has 2 N–H and O–H groups in total. The first-order valence-corrected chi connectivity index (χ1v) is 9.18. The molecule has 1 saturated heterocycles. The Kier molecular flexibility index (Phi) is 5.86. The number of hydrogen-bond donors (Lipinski definition) is 2. The van der Waals surface area contributed by atoms with Gasteiger partial charge in [-0.2, -0.15) is 0 Å². The number of carbonyl (C=O) groups is 3. The van der Waals surface area contributed by atoms with Crippen LogP contribution in [0.2, 0.25) is 0 Å². The van der Waals surface area contributed by atoms with Crippen LogP contribution in [0.3, 0.4) is 0 Å². The summed E-state index contributed by atoms with van der Waals surface area (Å²) in [6.45, 7) is 2.75. The minimum Gasteiger partial charge on any atom is -0.312 e. The van der Waals surface area contributed by atoms with Gasteiger partial charge >= 0.3 is 0 Å². The predicted molar refractivity (Wildman–Crippen MR) is 103 cm³/mol. The summed E-state index contributed by atoms with van der Waals surface area (Å²) in [4.78, 5) is 38.0. The van der Waals surface area contributed by atoms with Crippen LogP contribution in [0.4, 0.5) is 5.69 Å². The summed E-state index contributed by atoms with van der Waals surface area (Å²) in [5.74, 6) is -0.675. The number of rotatable bonds is 4. The molecule has 27 heavy (non-hydrogen) atoms. The summed E-state index contributed by atoms with van der Waals surface area (Å²) in [5, 5.41) is 0. The third-order valence-corrected chi connectivity index (χ3v) is 4.68. The molecule has 2 aromatic rings. The Balaban J connectivity index is 1.57. The first-order chi connectivity index (χ1) is 13.1. The Morgan fingerprint density at radius 3 is 1.96 bits per heavy atom. The van der Waals surface area contributed by atoms with Crippen LogP contribution in [0, 0.1) is 0 Å². The standard InChI is InChI=1S/C21H23N3O3/c1-2-15-6-8-16(9-7-15)20(26)22-23-21(27)17-10-12-18(13-11-17)24-14-4-3-5-19(24)25/h6-13H,2-5,14H2,1H3,(H,22,26)(H,23,27). The number of amides is 3. The van der Waals surface area contributed by atoms with E-state index in [2.05, 4.69) is 10.9 Å². The summed E-state index contributed by atoms with van der Waals surface area (Å²) >= 11 is 0. The van der Waals surface area contributed by atoms with Crippen molar-refractivity contribution in [3.8, 4) is 0 Å². The Labute approximate surface area is 158 Å². The second-order valence-electron chi connectivity index (χ2n) is 6.51. The van der Waals surface area contributed by atoms with E-state index in [4.69, 9.17) is 0 Å². The Hall–Kier alpha value is -3.15. The zero-order valence-corrected chi connectivity index (χ0v) is 15.3. The molecule has 2 aromatic carbocycles. The fourth-order valence-electron chi connectivity index (χ4n) is 3.02. The van der Waals surface area contributed by atoms with Crippen LogP contribution in [0.1, 0.15) is 52.5 Å². The van der Waals surface area contributed by atoms with E-state index in [0.29, 0.717) is 24.1 Å². The maximum Gasteiger partial charge on any atom is 0.269 e. The molecule has 0 unspecified atom stereocenters. The van der Waals surface area contributed by atoms with Gasteiger partial charge in [0, 0.05) is 29.8 Å². The number of anilines is 1. The topological polar surface area (TPSA) is 78.5 Å². The Morgan fingerprint density at radius 2 is 1.44 bits per heavy atom. The minimum absolute atomic E-state index is 0.111. The molecule has 0 saturated carbocycles. The average molecular weight is 365 g/mol. The lowest BCUT2D eigenvalue weighted by molar-refractivity contribution is -0.119. The van der Waals surface area contributed by atoms with Gasteiger partial charge in [0.2, 0.25) is 5.91 Å². The van der Waals surface area contributed by atoms with Crippen molar-refractivity contribution in [2.45, 2.75) is 32.6 Å². The molecule has 0 aromatic heterocycles. The summed E-state index contributed by atoms with van der Waals surface area (Å²) in [5.41, 5.74) is 7.65. The fraction of sp³-hybridized carbons (Fsp3) is 0.286. The lowest BCUT2D eigenvalue weighted by Gasteiger charge is -2.26. The highest BCUT2D eigenvalue weighted by Gasteiger charge is 2.19. The lowest BCUT2D eigenvalue weighted by atomic mass is 10.1. The van der Waals surface area contributed by atoms with Crippen LogP contribution in [-0.4, -0.2) is 24.3 Å². The maximum atomic E-state index is 12.2. The van der Waals surface area contributed by atoms with Crippen molar-refractivity contribution < 1.29 is 14.4 Å². The monoisotopic (exact) mass is 365 g/mol. The molecule has 1 aliphatic heterocycles. The van der Waals surface area contributed by atoms with Gasteiger partial charge in [0.15, 0.2) is 0 Å². The van der Waals surface area contributed by atoms with Crippen molar-refractivity contribution in [1.82, 2.24) is 10.9 Å². The van der Waals surface area contributed by atoms with Gasteiger partial charge in [-0.25, -0.2) is 0 Å². The van der Waals surface area contributed by atoms with Gasteiger partial charge in [0.25, 0.3) is 11.8 Å². The molecule has 6 nitrogen and oxygen atoms in total. The third-order valence-electron chi connectivity index (χ3n) is 4.68. The van der Waals surface area contributed by atoms with E-state index in [-0.39, 0.29) is 11.8 Å². The zero-order chi connectivity index (χ0) is 19.2. The quantitative estimate of drug-likeness (QED) is 0.818. The first kappa shape index (κ1) is 18.6. The van der Waals surface area contributed by atoms with Crippen LogP contribution in [-0.2, 0) is 11.2 Å². The Morgan fingerprint density at radius 1 is 0.889 bits per heavy atom. The van der Waals surface area contributed by atoms with Crippen LogP contribution in [0.25, 0.3) is 0 Å². The van der Waals surface area contributed by atoms with E-state index in [1.54, 1.807) is 41.3 Å². The van der Waals surface area contributed by atoms with Crippen molar-refractivity contribution in [3.63, 3.8) is 0 Å². The second-order valence-corrected chi connectivity index (χ2v) is 6.51. The van der Waals surface area contributed by atoms with Gasteiger partial charge in [0.05, 0.1) is 0 Å². The highest BCUT2D eigenvalue weighted by molar-refractivity contribution is 5.99. The molecule has 6 heteroatoms. The number of piperidine rings is 1. The van der Waals surface area contributed by atoms with Crippen LogP contribution < -0.4 is 15.8 Å². The van der Waals surface area contributed by atoms with Crippen LogP contribution in [0.15, 0.2) is 48.5 Å². The lowest BCUT2D eigenvalue weighted by Crippen LogP contribution is -2.41. The average Bonchev–Trinajstić information content (AvgIpc) is 2.72. The van der Waals surface area contributed by atoms with Crippen molar-refractivity contribution in [1.29, 1.82) is 0 Å². The number of carbonyl (C=O) groups excluding carboxylic acids is 3. The highest BCUT2D eigenvalue weighted by Crippen LogP contribution is 2.21. The Bertz CT molecular complexity index is 829. The number of hydrazine groups is 1. The van der Waals surface area contributed by atoms with Gasteiger partial charge in [-0.3, -0.25) is 25.2 Å². The molecule has 0 radical (unpaired) electrons. The number of nitrogens with zero attached hydrogens (tertiary/aromatic N) is 1. The largest absolute Gasteiger partial charge is 0.312 e. The number of hydrogen-bond acceptors (Lipinski definition) is 3. The van der Waals surface area contributed by atoms with Crippen LogP contribution >= 0.6 is 0 Å². The smallest absolute Gasteiger partial charge is 0.269 e. The maximum absolute atomic E-state index is 12.2. The van der Waals surface area contributed by atoms with Gasteiger partial charge < -0.3 is 4.90 Å². The van der Waals surface area contributed by atoms with Crippen molar-refractivity contribution in [3.05, 3.63) is 65.2 Å². The number of benzene rings is 2. The molecule has 1 fully saturated rings. The molecule has 1 aliphatic rings. The van der Waals surface area contributed by atoms with E-state index in [9.17, 15) is 14.4 Å². The highest BCUT2D eigenvalue weighted by atomic mass is 16.2. The van der Waals surface area contributed by atoms with Gasteiger partial charge in [0.1, 0.15) is 0 Å². The third kappa shape index (κ3) is 4.53. The minimum atomic E-state index is -0.412. The zero-order valence-electron chi connectivity index (χ0n) is 15.3. The molecule has 3 rings (SSSR count). The summed E-state index contributed by atoms with van der Waals surface area (Å²) in [7, 11) is 0. The predicted octanol–water partition coefficient (Wildman–Crippen LogP) is 2.84. The molecular weight excluding hydrogens is 342 g/mol. The normalized spacial score (nSPS) is 14.0. The fourth-order valence-corrected chi connectivity index (χ4v) is 3.02. The summed E-state index contributed by atoms with van der Waals surface area (Å²) in [6.07, 6.45) is 3.38. The van der Waals surface area contributed by atoms with Crippen molar-refractivity contribution >= 4 is 23.4 Å². The molecule has 0 bridgehead atoms. The SMILES string of the molecule is CCc1ccc(C(=O)NNC(=O)c2ccc(N3CCCCC3=O)cc2)cc1. The van der Waals surface area contributed by atoms with Gasteiger partial charge in [-0.1, -0.05) is 19.1 Å².